The standard InChI is InChI=1S/C7H7ClF2N2O/c8-3-1-4(7(9)10)12-5(2-13)6(3)11/h1,7,13H,2,11H2. The summed E-state index contributed by atoms with van der Waals surface area (Å²) in [5, 5.41) is 8.68. The maximum atomic E-state index is 12.2. The molecule has 6 heteroatoms. The molecule has 0 amide bonds. The number of halogens is 3. The van der Waals surface area contributed by atoms with E-state index in [9.17, 15) is 8.78 Å². The lowest BCUT2D eigenvalue weighted by atomic mass is 10.2. The highest BCUT2D eigenvalue weighted by atomic mass is 35.5. The molecule has 0 saturated carbocycles. The van der Waals surface area contributed by atoms with Crippen LogP contribution in [-0.4, -0.2) is 10.1 Å². The van der Waals surface area contributed by atoms with Gasteiger partial charge in [0, 0.05) is 0 Å². The molecule has 0 spiro atoms. The quantitative estimate of drug-likeness (QED) is 0.779. The van der Waals surface area contributed by atoms with Gasteiger partial charge in [-0.15, -0.1) is 0 Å². The number of alkyl halides is 2. The van der Waals surface area contributed by atoms with E-state index in [-0.39, 0.29) is 16.4 Å². The van der Waals surface area contributed by atoms with Crippen LogP contribution in [0.3, 0.4) is 0 Å². The molecule has 0 unspecified atom stereocenters. The number of pyridine rings is 1. The first-order valence-corrected chi connectivity index (χ1v) is 3.78. The van der Waals surface area contributed by atoms with E-state index < -0.39 is 18.7 Å². The summed E-state index contributed by atoms with van der Waals surface area (Å²) in [5.74, 6) is 0. The number of aromatic nitrogens is 1. The zero-order valence-corrected chi connectivity index (χ0v) is 7.22. The number of nitrogen functional groups attached to an aromatic ring is 1. The maximum Gasteiger partial charge on any atom is 0.280 e. The van der Waals surface area contributed by atoms with Crippen molar-refractivity contribution in [3.05, 3.63) is 22.5 Å². The lowest BCUT2D eigenvalue weighted by Gasteiger charge is -2.06. The van der Waals surface area contributed by atoms with E-state index in [1.54, 1.807) is 0 Å². The first kappa shape index (κ1) is 10.1. The van der Waals surface area contributed by atoms with Gasteiger partial charge >= 0.3 is 0 Å². The van der Waals surface area contributed by atoms with E-state index in [1.807, 2.05) is 0 Å². The number of hydrogen-bond donors (Lipinski definition) is 2. The number of aliphatic hydroxyl groups is 1. The lowest BCUT2D eigenvalue weighted by Crippen LogP contribution is -2.02. The highest BCUT2D eigenvalue weighted by Crippen LogP contribution is 2.27. The molecule has 0 aliphatic carbocycles. The summed E-state index contributed by atoms with van der Waals surface area (Å²) in [4.78, 5) is 3.44. The van der Waals surface area contributed by atoms with E-state index in [0.29, 0.717) is 0 Å². The first-order valence-electron chi connectivity index (χ1n) is 3.40. The molecule has 13 heavy (non-hydrogen) atoms. The molecule has 0 saturated heterocycles. The molecular weight excluding hydrogens is 202 g/mol. The molecule has 1 rings (SSSR count). The molecule has 0 aromatic carbocycles. The number of rotatable bonds is 2. The van der Waals surface area contributed by atoms with Crippen LogP contribution in [-0.2, 0) is 6.61 Å². The second kappa shape index (κ2) is 3.85. The highest BCUT2D eigenvalue weighted by Gasteiger charge is 2.14. The smallest absolute Gasteiger partial charge is 0.280 e. The number of hydrogen-bond acceptors (Lipinski definition) is 3. The van der Waals surface area contributed by atoms with E-state index in [0.717, 1.165) is 6.07 Å². The Morgan fingerprint density at radius 1 is 1.62 bits per heavy atom. The van der Waals surface area contributed by atoms with Crippen molar-refractivity contribution in [2.24, 2.45) is 0 Å². The van der Waals surface area contributed by atoms with Gasteiger partial charge in [-0.05, 0) is 6.07 Å². The predicted molar refractivity (Wildman–Crippen MR) is 44.5 cm³/mol. The average Bonchev–Trinajstić information content (AvgIpc) is 2.09. The molecule has 0 atom stereocenters. The average molecular weight is 209 g/mol. The summed E-state index contributed by atoms with van der Waals surface area (Å²) in [6.07, 6.45) is -2.72. The lowest BCUT2D eigenvalue weighted by molar-refractivity contribution is 0.145. The molecule has 1 aromatic rings. The maximum absolute atomic E-state index is 12.2. The molecule has 3 nitrogen and oxygen atoms in total. The van der Waals surface area contributed by atoms with Crippen molar-refractivity contribution in [3.63, 3.8) is 0 Å². The summed E-state index contributed by atoms with van der Waals surface area (Å²) < 4.78 is 24.3. The first-order chi connectivity index (χ1) is 6.06. The van der Waals surface area contributed by atoms with Gasteiger partial charge in [-0.3, -0.25) is 0 Å². The molecule has 3 N–H and O–H groups in total. The topological polar surface area (TPSA) is 59.1 Å². The highest BCUT2D eigenvalue weighted by molar-refractivity contribution is 6.33. The van der Waals surface area contributed by atoms with E-state index in [2.05, 4.69) is 4.98 Å². The van der Waals surface area contributed by atoms with Crippen LogP contribution in [0.5, 0.6) is 0 Å². The van der Waals surface area contributed by atoms with Gasteiger partial charge in [0.1, 0.15) is 5.69 Å². The van der Waals surface area contributed by atoms with Gasteiger partial charge in [0.15, 0.2) is 0 Å². The van der Waals surface area contributed by atoms with Crippen LogP contribution in [0.15, 0.2) is 6.07 Å². The monoisotopic (exact) mass is 208 g/mol. The minimum absolute atomic E-state index is 0.0191. The van der Waals surface area contributed by atoms with Crippen molar-refractivity contribution < 1.29 is 13.9 Å². The largest absolute Gasteiger partial charge is 0.396 e. The number of nitrogens with zero attached hydrogens (tertiary/aromatic N) is 1. The zero-order chi connectivity index (χ0) is 10.0. The van der Waals surface area contributed by atoms with Crippen molar-refractivity contribution in [1.29, 1.82) is 0 Å². The van der Waals surface area contributed by atoms with Gasteiger partial charge in [0.2, 0.25) is 0 Å². The number of nitrogens with two attached hydrogens (primary N) is 1. The van der Waals surface area contributed by atoms with E-state index in [1.165, 1.54) is 0 Å². The fourth-order valence-corrected chi connectivity index (χ4v) is 1.05. The van der Waals surface area contributed by atoms with Gasteiger partial charge in [-0.1, -0.05) is 11.6 Å². The predicted octanol–water partition coefficient (Wildman–Crippen LogP) is 1.75. The Morgan fingerprint density at radius 2 is 2.23 bits per heavy atom. The molecule has 72 valence electrons. The third kappa shape index (κ3) is 2.05. The fourth-order valence-electron chi connectivity index (χ4n) is 0.826. The summed E-state index contributed by atoms with van der Waals surface area (Å²) in [6.45, 7) is -0.508. The molecule has 1 heterocycles. The van der Waals surface area contributed by atoms with Crippen molar-refractivity contribution >= 4 is 17.3 Å². The Labute approximate surface area is 78.1 Å². The summed E-state index contributed by atoms with van der Waals surface area (Å²) >= 11 is 5.53. The van der Waals surface area contributed by atoms with Crippen molar-refractivity contribution in [3.8, 4) is 0 Å². The summed E-state index contributed by atoms with van der Waals surface area (Å²) in [6, 6.07) is 0.987. The van der Waals surface area contributed by atoms with Crippen molar-refractivity contribution in [1.82, 2.24) is 4.98 Å². The Morgan fingerprint density at radius 3 is 2.69 bits per heavy atom. The Kier molecular flexibility index (Phi) is 3.00. The minimum Gasteiger partial charge on any atom is -0.396 e. The zero-order valence-electron chi connectivity index (χ0n) is 6.47. The third-order valence-electron chi connectivity index (χ3n) is 1.48. The van der Waals surface area contributed by atoms with Crippen LogP contribution in [0, 0.1) is 0 Å². The summed E-state index contributed by atoms with van der Waals surface area (Å²) in [5.41, 5.74) is 4.89. The Bertz CT molecular complexity index is 320. The fraction of sp³-hybridized carbons (Fsp3) is 0.286. The van der Waals surface area contributed by atoms with Crippen LogP contribution in [0.25, 0.3) is 0 Å². The van der Waals surface area contributed by atoms with Crippen LogP contribution >= 0.6 is 11.6 Å². The number of anilines is 1. The molecular formula is C7H7ClF2N2O. The normalized spacial score (nSPS) is 10.8. The van der Waals surface area contributed by atoms with Gasteiger partial charge in [-0.25, -0.2) is 13.8 Å². The van der Waals surface area contributed by atoms with Crippen LogP contribution in [0.4, 0.5) is 14.5 Å². The molecule has 0 aliphatic heterocycles. The Balaban J connectivity index is 3.22. The Hall–Kier alpha value is -0.940. The SMILES string of the molecule is Nc1c(Cl)cc(C(F)F)nc1CO. The molecule has 0 radical (unpaired) electrons. The molecule has 0 fully saturated rings. The second-order valence-corrected chi connectivity index (χ2v) is 2.76. The van der Waals surface area contributed by atoms with Crippen LogP contribution in [0.1, 0.15) is 17.8 Å². The number of aliphatic hydroxyl groups excluding tert-OH is 1. The van der Waals surface area contributed by atoms with Crippen molar-refractivity contribution in [2.75, 3.05) is 5.73 Å². The van der Waals surface area contributed by atoms with Gasteiger partial charge < -0.3 is 10.8 Å². The summed E-state index contributed by atoms with van der Waals surface area (Å²) in [7, 11) is 0. The van der Waals surface area contributed by atoms with Gasteiger partial charge in [0.25, 0.3) is 6.43 Å². The molecule has 0 bridgehead atoms. The minimum atomic E-state index is -2.72. The second-order valence-electron chi connectivity index (χ2n) is 2.35. The van der Waals surface area contributed by atoms with E-state index >= 15 is 0 Å². The van der Waals surface area contributed by atoms with Crippen LogP contribution < -0.4 is 5.73 Å². The van der Waals surface area contributed by atoms with Gasteiger partial charge in [0.05, 0.1) is 23.0 Å². The molecule has 1 aromatic heterocycles. The van der Waals surface area contributed by atoms with Crippen LogP contribution in [0.2, 0.25) is 5.02 Å². The third-order valence-corrected chi connectivity index (χ3v) is 1.79. The van der Waals surface area contributed by atoms with Gasteiger partial charge in [-0.2, -0.15) is 0 Å². The molecule has 0 aliphatic rings. The van der Waals surface area contributed by atoms with Crippen molar-refractivity contribution in [2.45, 2.75) is 13.0 Å². The van der Waals surface area contributed by atoms with E-state index in [4.69, 9.17) is 22.4 Å².